The Bertz CT molecular complexity index is 1540. The number of carbonyl (C=O) groups is 1. The summed E-state index contributed by atoms with van der Waals surface area (Å²) < 4.78 is 0. The van der Waals surface area contributed by atoms with Gasteiger partial charge in [0.15, 0.2) is 10.9 Å². The van der Waals surface area contributed by atoms with E-state index < -0.39 is 5.97 Å². The maximum atomic E-state index is 11.8. The highest BCUT2D eigenvalue weighted by atomic mass is 35.5. The monoisotopic (exact) mass is 538 g/mol. The Morgan fingerprint density at radius 3 is 2.62 bits per heavy atom. The maximum absolute atomic E-state index is 11.8. The van der Waals surface area contributed by atoms with Crippen molar-refractivity contribution in [1.82, 2.24) is 19.9 Å². The predicted molar refractivity (Wildman–Crippen MR) is 146 cm³/mol. The van der Waals surface area contributed by atoms with Gasteiger partial charge in [-0.25, -0.2) is 19.7 Å². The molecular weight excluding hydrogens is 512 g/mol. The zero-order valence-electron chi connectivity index (χ0n) is 20.2. The lowest BCUT2D eigenvalue weighted by molar-refractivity contribution is 0.0691. The van der Waals surface area contributed by atoms with E-state index in [9.17, 15) is 9.90 Å². The number of pyridine rings is 1. The molecule has 2 fully saturated rings. The SMILES string of the molecule is CCc1[nH]c2nc(Sc3ccc4c(N5CC(N)C5)cc(C(=O)O)nc4c3)nc(N3CCC(N)C3)c2c1Cl. The van der Waals surface area contributed by atoms with E-state index in [1.165, 1.54) is 11.8 Å². The van der Waals surface area contributed by atoms with Crippen LogP contribution in [0.4, 0.5) is 11.5 Å². The number of carboxylic acid groups (broad SMARTS) is 1. The number of nitrogens with one attached hydrogen (secondary N) is 1. The molecule has 12 heteroatoms. The van der Waals surface area contributed by atoms with Crippen LogP contribution in [0.5, 0.6) is 0 Å². The number of aromatic nitrogens is 4. The summed E-state index contributed by atoms with van der Waals surface area (Å²) in [6.07, 6.45) is 1.65. The van der Waals surface area contributed by atoms with Crippen molar-refractivity contribution < 1.29 is 9.90 Å². The van der Waals surface area contributed by atoms with Gasteiger partial charge in [0, 0.05) is 59.9 Å². The van der Waals surface area contributed by atoms with Crippen molar-refractivity contribution in [2.24, 2.45) is 11.5 Å². The predicted octanol–water partition coefficient (Wildman–Crippen LogP) is 3.26. The number of aromatic amines is 1. The highest BCUT2D eigenvalue weighted by molar-refractivity contribution is 7.99. The zero-order chi connectivity index (χ0) is 25.8. The third kappa shape index (κ3) is 4.35. The van der Waals surface area contributed by atoms with Gasteiger partial charge in [-0.05, 0) is 48.9 Å². The Balaban J connectivity index is 1.41. The molecule has 0 spiro atoms. The second-order valence-electron chi connectivity index (χ2n) is 9.60. The average molecular weight is 539 g/mol. The lowest BCUT2D eigenvalue weighted by Crippen LogP contribution is -2.56. The fraction of sp³-hybridized carbons (Fsp3) is 0.360. The van der Waals surface area contributed by atoms with Crippen LogP contribution in [0.2, 0.25) is 5.02 Å². The van der Waals surface area contributed by atoms with Gasteiger partial charge in [0.25, 0.3) is 0 Å². The van der Waals surface area contributed by atoms with Gasteiger partial charge in [-0.15, -0.1) is 0 Å². The number of hydrogen-bond acceptors (Lipinski definition) is 9. The molecule has 0 aliphatic carbocycles. The van der Waals surface area contributed by atoms with Crippen molar-refractivity contribution in [3.8, 4) is 0 Å². The molecule has 2 saturated heterocycles. The molecule has 2 aliphatic heterocycles. The normalized spacial score (nSPS) is 18.2. The third-order valence-corrected chi connectivity index (χ3v) is 8.21. The summed E-state index contributed by atoms with van der Waals surface area (Å²) in [6, 6.07) is 7.63. The Hall–Kier alpha value is -3.12. The lowest BCUT2D eigenvalue weighted by Gasteiger charge is -2.39. The largest absolute Gasteiger partial charge is 0.477 e. The van der Waals surface area contributed by atoms with Crippen molar-refractivity contribution in [1.29, 1.82) is 0 Å². The average Bonchev–Trinajstić information content (AvgIpc) is 3.43. The number of fused-ring (bicyclic) bond motifs is 2. The van der Waals surface area contributed by atoms with Gasteiger partial charge in [-0.1, -0.05) is 18.5 Å². The van der Waals surface area contributed by atoms with Gasteiger partial charge in [-0.3, -0.25) is 0 Å². The number of rotatable bonds is 6. The number of aryl methyl sites for hydroxylation is 1. The van der Waals surface area contributed by atoms with Crippen LogP contribution in [0.1, 0.15) is 29.5 Å². The van der Waals surface area contributed by atoms with Crippen molar-refractivity contribution in [3.05, 3.63) is 40.7 Å². The van der Waals surface area contributed by atoms with Crippen LogP contribution in [0.25, 0.3) is 21.9 Å². The number of hydrogen-bond donors (Lipinski definition) is 4. The molecule has 3 aromatic heterocycles. The van der Waals surface area contributed by atoms with Crippen molar-refractivity contribution >= 4 is 62.8 Å². The first-order valence-electron chi connectivity index (χ1n) is 12.3. The van der Waals surface area contributed by atoms with Crippen LogP contribution < -0.4 is 21.3 Å². The molecule has 1 atom stereocenters. The van der Waals surface area contributed by atoms with Crippen molar-refractivity contribution in [2.75, 3.05) is 36.0 Å². The molecule has 192 valence electrons. The number of carboxylic acids is 1. The van der Waals surface area contributed by atoms with E-state index in [-0.39, 0.29) is 17.8 Å². The fourth-order valence-corrected chi connectivity index (χ4v) is 6.15. The second kappa shape index (κ2) is 9.32. The summed E-state index contributed by atoms with van der Waals surface area (Å²) >= 11 is 8.12. The van der Waals surface area contributed by atoms with Crippen LogP contribution in [0.15, 0.2) is 34.3 Å². The topological polar surface area (TPSA) is 150 Å². The van der Waals surface area contributed by atoms with Gasteiger partial charge in [0.1, 0.15) is 11.5 Å². The molecule has 5 heterocycles. The Kier molecular flexibility index (Phi) is 6.10. The molecule has 1 unspecified atom stereocenters. The Morgan fingerprint density at radius 1 is 1.16 bits per heavy atom. The number of anilines is 2. The smallest absolute Gasteiger partial charge is 0.354 e. The van der Waals surface area contributed by atoms with Gasteiger partial charge < -0.3 is 31.4 Å². The number of benzene rings is 1. The highest BCUT2D eigenvalue weighted by Crippen LogP contribution is 2.39. The van der Waals surface area contributed by atoms with E-state index in [0.29, 0.717) is 41.0 Å². The van der Waals surface area contributed by atoms with Crippen molar-refractivity contribution in [3.63, 3.8) is 0 Å². The van der Waals surface area contributed by atoms with E-state index >= 15 is 0 Å². The minimum Gasteiger partial charge on any atom is -0.477 e. The third-order valence-electron chi connectivity index (χ3n) is 6.94. The molecule has 0 radical (unpaired) electrons. The van der Waals surface area contributed by atoms with E-state index in [1.807, 2.05) is 25.1 Å². The Morgan fingerprint density at radius 2 is 1.95 bits per heavy atom. The molecule has 0 saturated carbocycles. The molecule has 0 bridgehead atoms. The molecule has 4 aromatic rings. The molecule has 37 heavy (non-hydrogen) atoms. The number of halogens is 1. The van der Waals surface area contributed by atoms with Crippen LogP contribution in [-0.4, -0.2) is 69.3 Å². The number of H-pyrrole nitrogens is 1. The van der Waals surface area contributed by atoms with Gasteiger partial charge in [-0.2, -0.15) is 0 Å². The summed E-state index contributed by atoms with van der Waals surface area (Å²) in [6.45, 7) is 4.93. The first-order valence-corrected chi connectivity index (χ1v) is 13.4. The summed E-state index contributed by atoms with van der Waals surface area (Å²) in [7, 11) is 0. The zero-order valence-corrected chi connectivity index (χ0v) is 21.8. The van der Waals surface area contributed by atoms with E-state index in [0.717, 1.165) is 52.3 Å². The highest BCUT2D eigenvalue weighted by Gasteiger charge is 2.28. The van der Waals surface area contributed by atoms with Gasteiger partial charge in [0.2, 0.25) is 0 Å². The molecule has 1 aromatic carbocycles. The van der Waals surface area contributed by atoms with E-state index in [4.69, 9.17) is 33.0 Å². The van der Waals surface area contributed by atoms with Crippen LogP contribution in [0.3, 0.4) is 0 Å². The number of aromatic carboxylic acids is 1. The van der Waals surface area contributed by atoms with Crippen LogP contribution in [-0.2, 0) is 6.42 Å². The summed E-state index contributed by atoms with van der Waals surface area (Å²) in [5, 5.41) is 12.6. The van der Waals surface area contributed by atoms with Crippen LogP contribution in [0, 0.1) is 0 Å². The fourth-order valence-electron chi connectivity index (χ4n) is 5.01. The Labute approximate surface area is 222 Å². The number of nitrogens with zero attached hydrogens (tertiary/aromatic N) is 5. The van der Waals surface area contributed by atoms with Gasteiger partial charge >= 0.3 is 5.97 Å². The maximum Gasteiger partial charge on any atom is 0.354 e. The second-order valence-corrected chi connectivity index (χ2v) is 11.0. The molecule has 2 aliphatic rings. The summed E-state index contributed by atoms with van der Waals surface area (Å²) in [4.78, 5) is 34.3. The minimum absolute atomic E-state index is 0.00331. The molecular formula is C25H27ClN8O2S. The molecule has 10 nitrogen and oxygen atoms in total. The summed E-state index contributed by atoms with van der Waals surface area (Å²) in [5.74, 6) is -0.284. The van der Waals surface area contributed by atoms with Crippen LogP contribution >= 0.6 is 23.4 Å². The minimum atomic E-state index is -1.07. The molecule has 6 N–H and O–H groups in total. The van der Waals surface area contributed by atoms with E-state index in [2.05, 4.69) is 19.8 Å². The number of nitrogens with two attached hydrogens (primary N) is 2. The van der Waals surface area contributed by atoms with Crippen molar-refractivity contribution in [2.45, 2.75) is 41.9 Å². The quantitative estimate of drug-likeness (QED) is 0.269. The standard InChI is InChI=1S/C25H27ClN8O2S/c1-2-16-21(26)20-22(30-16)31-25(32-23(20)33-6-5-12(27)9-33)37-14-3-4-15-17(7-14)29-18(24(35)36)8-19(15)34-10-13(28)11-34/h3-4,7-8,12-13H,2,5-6,9-11,27-28H2,1H3,(H,35,36)(H,30,31,32). The molecule has 0 amide bonds. The van der Waals surface area contributed by atoms with E-state index in [1.54, 1.807) is 6.07 Å². The summed E-state index contributed by atoms with van der Waals surface area (Å²) in [5.41, 5.74) is 15.2. The van der Waals surface area contributed by atoms with Gasteiger partial charge in [0.05, 0.1) is 15.9 Å². The first kappa shape index (κ1) is 24.2. The lowest BCUT2D eigenvalue weighted by atomic mass is 10.1. The first-order chi connectivity index (χ1) is 17.8. The molecule has 6 rings (SSSR count).